The van der Waals surface area contributed by atoms with E-state index in [1.807, 2.05) is 6.92 Å². The van der Waals surface area contributed by atoms with E-state index in [4.69, 9.17) is 0 Å². The summed E-state index contributed by atoms with van der Waals surface area (Å²) in [4.78, 5) is 2.39. The minimum Gasteiger partial charge on any atom is -0.392 e. The maximum atomic E-state index is 9.30. The van der Waals surface area contributed by atoms with Crippen molar-refractivity contribution >= 4 is 0 Å². The van der Waals surface area contributed by atoms with Gasteiger partial charge in [0.2, 0.25) is 0 Å². The lowest BCUT2D eigenvalue weighted by atomic mass is 9.96. The molecule has 3 heteroatoms. The third kappa shape index (κ3) is 4.09. The summed E-state index contributed by atoms with van der Waals surface area (Å²) in [6, 6.07) is 0.848. The SMILES string of the molecule is CC(O)CN1CCC(CNC2CC2)CC1. The molecule has 1 unspecified atom stereocenters. The quantitative estimate of drug-likeness (QED) is 0.708. The van der Waals surface area contributed by atoms with Gasteiger partial charge in [0.05, 0.1) is 6.10 Å². The normalized spacial score (nSPS) is 26.8. The summed E-state index contributed by atoms with van der Waals surface area (Å²) in [7, 11) is 0. The van der Waals surface area contributed by atoms with E-state index in [0.717, 1.165) is 18.5 Å². The van der Waals surface area contributed by atoms with Gasteiger partial charge in [0.15, 0.2) is 0 Å². The van der Waals surface area contributed by atoms with Crippen molar-refractivity contribution in [3.05, 3.63) is 0 Å². The van der Waals surface area contributed by atoms with Crippen LogP contribution in [0.25, 0.3) is 0 Å². The Kier molecular flexibility index (Phi) is 4.00. The maximum absolute atomic E-state index is 9.30. The van der Waals surface area contributed by atoms with E-state index in [9.17, 15) is 5.11 Å². The Morgan fingerprint density at radius 1 is 1.27 bits per heavy atom. The van der Waals surface area contributed by atoms with Crippen LogP contribution in [-0.2, 0) is 0 Å². The molecule has 88 valence electrons. The molecule has 0 spiro atoms. The number of hydrogen-bond acceptors (Lipinski definition) is 3. The van der Waals surface area contributed by atoms with Gasteiger partial charge in [-0.3, -0.25) is 0 Å². The zero-order chi connectivity index (χ0) is 10.7. The molecule has 2 fully saturated rings. The Hall–Kier alpha value is -0.120. The van der Waals surface area contributed by atoms with E-state index in [-0.39, 0.29) is 6.10 Å². The molecule has 1 saturated carbocycles. The number of rotatable bonds is 5. The lowest BCUT2D eigenvalue weighted by molar-refractivity contribution is 0.0998. The molecule has 3 nitrogen and oxygen atoms in total. The monoisotopic (exact) mass is 212 g/mol. The summed E-state index contributed by atoms with van der Waals surface area (Å²) in [6.07, 6.45) is 5.20. The van der Waals surface area contributed by atoms with Crippen LogP contribution >= 0.6 is 0 Å². The van der Waals surface area contributed by atoms with Crippen LogP contribution in [0.2, 0.25) is 0 Å². The van der Waals surface area contributed by atoms with E-state index in [0.29, 0.717) is 0 Å². The molecule has 0 radical (unpaired) electrons. The zero-order valence-corrected chi connectivity index (χ0v) is 9.78. The Labute approximate surface area is 92.8 Å². The van der Waals surface area contributed by atoms with Crippen LogP contribution in [0.3, 0.4) is 0 Å². The number of aliphatic hydroxyl groups is 1. The Morgan fingerprint density at radius 3 is 2.47 bits per heavy atom. The van der Waals surface area contributed by atoms with E-state index >= 15 is 0 Å². The van der Waals surface area contributed by atoms with Gasteiger partial charge in [-0.05, 0) is 58.2 Å². The van der Waals surface area contributed by atoms with Crippen LogP contribution in [0.5, 0.6) is 0 Å². The molecule has 0 amide bonds. The van der Waals surface area contributed by atoms with Crippen molar-refractivity contribution in [3.8, 4) is 0 Å². The third-order valence-corrected chi connectivity index (χ3v) is 3.50. The summed E-state index contributed by atoms with van der Waals surface area (Å²) >= 11 is 0. The maximum Gasteiger partial charge on any atom is 0.0639 e. The first-order valence-corrected chi connectivity index (χ1v) is 6.38. The summed E-state index contributed by atoms with van der Waals surface area (Å²) in [5.74, 6) is 0.871. The lowest BCUT2D eigenvalue weighted by Crippen LogP contribution is -2.40. The van der Waals surface area contributed by atoms with E-state index in [2.05, 4.69) is 10.2 Å². The second-order valence-corrected chi connectivity index (χ2v) is 5.28. The molecule has 2 aliphatic rings. The minimum atomic E-state index is -0.175. The third-order valence-electron chi connectivity index (χ3n) is 3.50. The highest BCUT2D eigenvalue weighted by molar-refractivity contribution is 4.83. The standard InChI is InChI=1S/C12H24N2O/c1-10(15)9-14-6-4-11(5-7-14)8-13-12-2-3-12/h10-13,15H,2-9H2,1H3. The van der Waals surface area contributed by atoms with Crippen LogP contribution in [-0.4, -0.2) is 48.3 Å². The Balaban J connectivity index is 1.58. The highest BCUT2D eigenvalue weighted by Gasteiger charge is 2.24. The van der Waals surface area contributed by atoms with Crippen molar-refractivity contribution < 1.29 is 5.11 Å². The Morgan fingerprint density at radius 2 is 1.93 bits per heavy atom. The fourth-order valence-corrected chi connectivity index (χ4v) is 2.37. The number of piperidine rings is 1. The van der Waals surface area contributed by atoms with Gasteiger partial charge in [-0.25, -0.2) is 0 Å². The van der Waals surface area contributed by atoms with Gasteiger partial charge in [0.1, 0.15) is 0 Å². The van der Waals surface area contributed by atoms with Gasteiger partial charge in [0, 0.05) is 12.6 Å². The number of β-amino-alcohol motifs (C(OH)–C–C–N with tert-alkyl or cyclic N) is 1. The molecular weight excluding hydrogens is 188 g/mol. The number of likely N-dealkylation sites (tertiary alicyclic amines) is 1. The molecule has 15 heavy (non-hydrogen) atoms. The predicted octanol–water partition coefficient (Wildman–Crippen LogP) is 0.831. The molecule has 0 bridgehead atoms. The van der Waals surface area contributed by atoms with Gasteiger partial charge in [0.25, 0.3) is 0 Å². The first kappa shape index (κ1) is 11.4. The fourth-order valence-electron chi connectivity index (χ4n) is 2.37. The summed E-state index contributed by atoms with van der Waals surface area (Å²) in [5.41, 5.74) is 0. The highest BCUT2D eigenvalue weighted by atomic mass is 16.3. The van der Waals surface area contributed by atoms with Crippen LogP contribution in [0.4, 0.5) is 0 Å². The smallest absolute Gasteiger partial charge is 0.0639 e. The van der Waals surface area contributed by atoms with Gasteiger partial charge in [-0.15, -0.1) is 0 Å². The van der Waals surface area contributed by atoms with Crippen LogP contribution in [0, 0.1) is 5.92 Å². The molecule has 1 aliphatic heterocycles. The van der Waals surface area contributed by atoms with E-state index < -0.39 is 0 Å². The van der Waals surface area contributed by atoms with Crippen molar-refractivity contribution in [2.75, 3.05) is 26.2 Å². The molecule has 0 aromatic heterocycles. The molecule has 1 atom stereocenters. The molecule has 2 rings (SSSR count). The number of nitrogens with zero attached hydrogens (tertiary/aromatic N) is 1. The topological polar surface area (TPSA) is 35.5 Å². The number of hydrogen-bond donors (Lipinski definition) is 2. The van der Waals surface area contributed by atoms with E-state index in [1.165, 1.54) is 45.3 Å². The van der Waals surface area contributed by atoms with Crippen LogP contribution in [0.1, 0.15) is 32.6 Å². The molecule has 2 N–H and O–H groups in total. The largest absolute Gasteiger partial charge is 0.392 e. The second-order valence-electron chi connectivity index (χ2n) is 5.28. The van der Waals surface area contributed by atoms with Crippen LogP contribution < -0.4 is 5.32 Å². The molecule has 0 aromatic rings. The van der Waals surface area contributed by atoms with Gasteiger partial charge in [-0.1, -0.05) is 0 Å². The van der Waals surface area contributed by atoms with Gasteiger partial charge in [-0.2, -0.15) is 0 Å². The summed E-state index contributed by atoms with van der Waals surface area (Å²) in [5, 5.41) is 12.9. The molecular formula is C12H24N2O. The average Bonchev–Trinajstić information content (AvgIpc) is 2.99. The summed E-state index contributed by atoms with van der Waals surface area (Å²) in [6.45, 7) is 6.28. The summed E-state index contributed by atoms with van der Waals surface area (Å²) < 4.78 is 0. The van der Waals surface area contributed by atoms with Crippen molar-refractivity contribution in [1.29, 1.82) is 0 Å². The average molecular weight is 212 g/mol. The van der Waals surface area contributed by atoms with Crippen molar-refractivity contribution in [2.45, 2.75) is 44.8 Å². The van der Waals surface area contributed by atoms with E-state index in [1.54, 1.807) is 0 Å². The van der Waals surface area contributed by atoms with Crippen molar-refractivity contribution in [1.82, 2.24) is 10.2 Å². The van der Waals surface area contributed by atoms with Gasteiger partial charge < -0.3 is 15.3 Å². The van der Waals surface area contributed by atoms with Crippen molar-refractivity contribution in [3.63, 3.8) is 0 Å². The second kappa shape index (κ2) is 5.28. The fraction of sp³-hybridized carbons (Fsp3) is 1.00. The number of nitrogens with one attached hydrogen (secondary N) is 1. The van der Waals surface area contributed by atoms with Crippen LogP contribution in [0.15, 0.2) is 0 Å². The zero-order valence-electron chi connectivity index (χ0n) is 9.78. The first-order valence-electron chi connectivity index (χ1n) is 6.38. The molecule has 0 aromatic carbocycles. The predicted molar refractivity (Wildman–Crippen MR) is 61.9 cm³/mol. The molecule has 1 aliphatic carbocycles. The Bertz CT molecular complexity index is 184. The van der Waals surface area contributed by atoms with Gasteiger partial charge >= 0.3 is 0 Å². The lowest BCUT2D eigenvalue weighted by Gasteiger charge is -2.32. The first-order chi connectivity index (χ1) is 7.24. The van der Waals surface area contributed by atoms with Crippen molar-refractivity contribution in [2.24, 2.45) is 5.92 Å². The number of aliphatic hydroxyl groups excluding tert-OH is 1. The molecule has 1 saturated heterocycles. The minimum absolute atomic E-state index is 0.175. The highest BCUT2D eigenvalue weighted by Crippen LogP contribution is 2.21. The molecule has 1 heterocycles.